The summed E-state index contributed by atoms with van der Waals surface area (Å²) >= 11 is 0. The zero-order chi connectivity index (χ0) is 31.7. The van der Waals surface area contributed by atoms with Gasteiger partial charge in [-0.05, 0) is 54.6 Å². The van der Waals surface area contributed by atoms with E-state index in [0.717, 1.165) is 90.4 Å². The summed E-state index contributed by atoms with van der Waals surface area (Å²) in [7, 11) is -1.32. The third kappa shape index (κ3) is 13.6. The Morgan fingerprint density at radius 2 is 1.43 bits per heavy atom. The van der Waals surface area contributed by atoms with E-state index in [0.29, 0.717) is 52.9 Å². The van der Waals surface area contributed by atoms with E-state index >= 15 is 0 Å². The Morgan fingerprint density at radius 3 is 2.02 bits per heavy atom. The third-order valence-electron chi connectivity index (χ3n) is 8.42. The van der Waals surface area contributed by atoms with Crippen LogP contribution in [0.15, 0.2) is 0 Å². The van der Waals surface area contributed by atoms with Gasteiger partial charge in [-0.3, -0.25) is 9.80 Å². The minimum Gasteiger partial charge on any atom is -0.379 e. The van der Waals surface area contributed by atoms with Crippen molar-refractivity contribution in [3.05, 3.63) is 0 Å². The number of piperazine rings is 2. The van der Waals surface area contributed by atoms with Crippen LogP contribution >= 0.6 is 0 Å². The first-order valence-corrected chi connectivity index (χ1v) is 21.1. The molecule has 260 valence electrons. The van der Waals surface area contributed by atoms with Crippen molar-refractivity contribution in [1.29, 1.82) is 0 Å². The largest absolute Gasteiger partial charge is 0.501 e. The molecule has 14 heteroatoms. The molecule has 0 aromatic heterocycles. The molecule has 0 aromatic carbocycles. The van der Waals surface area contributed by atoms with Crippen molar-refractivity contribution in [2.45, 2.75) is 64.8 Å². The lowest BCUT2D eigenvalue weighted by atomic mass is 10.3. The van der Waals surface area contributed by atoms with Crippen LogP contribution < -0.4 is 0 Å². The Balaban J connectivity index is 1.66. The number of hydrogen-bond acceptors (Lipinski definition) is 12. The molecule has 3 unspecified atom stereocenters. The number of nitrogens with zero attached hydrogens (tertiary/aromatic N) is 4. The van der Waals surface area contributed by atoms with Crippen LogP contribution in [0, 0.1) is 0 Å². The van der Waals surface area contributed by atoms with Crippen molar-refractivity contribution < 1.29 is 36.0 Å². The fraction of sp³-hybridized carbons (Fsp3) is 1.00. The molecule has 3 atom stereocenters. The molecule has 0 spiro atoms. The Morgan fingerprint density at radius 1 is 0.818 bits per heavy atom. The van der Waals surface area contributed by atoms with E-state index < -0.39 is 17.6 Å². The molecule has 12 nitrogen and oxygen atoms in total. The highest BCUT2D eigenvalue weighted by molar-refractivity contribution is 6.61. The molecule has 0 aromatic rings. The first-order chi connectivity index (χ1) is 21.3. The zero-order valence-electron chi connectivity index (χ0n) is 28.8. The van der Waals surface area contributed by atoms with E-state index in [2.05, 4.69) is 33.7 Å². The SMILES string of the molecule is CCO[Si](CCCOCC(CN1CCN(C)CC1)O[Si]1(OCC)CCCOCC(CN2CCN(C)CC2)O1)(OCC)OCC. The molecule has 0 N–H and O–H groups in total. The summed E-state index contributed by atoms with van der Waals surface area (Å²) in [6, 6.07) is 1.49. The molecule has 0 bridgehead atoms. The lowest BCUT2D eigenvalue weighted by Crippen LogP contribution is -2.57. The van der Waals surface area contributed by atoms with E-state index in [-0.39, 0.29) is 12.2 Å². The van der Waals surface area contributed by atoms with Gasteiger partial charge >= 0.3 is 17.6 Å². The summed E-state index contributed by atoms with van der Waals surface area (Å²) in [6.45, 7) is 22.7. The second kappa shape index (κ2) is 21.0. The lowest BCUT2D eigenvalue weighted by Gasteiger charge is -2.41. The van der Waals surface area contributed by atoms with Gasteiger partial charge in [0.2, 0.25) is 0 Å². The van der Waals surface area contributed by atoms with E-state index in [1.807, 2.05) is 27.7 Å². The maximum absolute atomic E-state index is 7.05. The molecule has 3 aliphatic rings. The smallest absolute Gasteiger partial charge is 0.379 e. The summed E-state index contributed by atoms with van der Waals surface area (Å²) < 4.78 is 51.0. The van der Waals surface area contributed by atoms with Gasteiger partial charge in [0.05, 0.1) is 25.4 Å². The van der Waals surface area contributed by atoms with Crippen LogP contribution in [0.2, 0.25) is 12.1 Å². The lowest BCUT2D eigenvalue weighted by molar-refractivity contribution is -0.0694. The van der Waals surface area contributed by atoms with Crippen molar-refractivity contribution in [1.82, 2.24) is 19.6 Å². The second-order valence-corrected chi connectivity index (χ2v) is 17.5. The monoisotopic (exact) mass is 664 g/mol. The van der Waals surface area contributed by atoms with Gasteiger partial charge in [-0.2, -0.15) is 0 Å². The van der Waals surface area contributed by atoms with Crippen LogP contribution in [0.5, 0.6) is 0 Å². The van der Waals surface area contributed by atoms with Gasteiger partial charge < -0.3 is 45.8 Å². The fourth-order valence-corrected chi connectivity index (χ4v) is 11.6. The van der Waals surface area contributed by atoms with Gasteiger partial charge in [0.25, 0.3) is 0 Å². The van der Waals surface area contributed by atoms with Crippen molar-refractivity contribution >= 4 is 17.6 Å². The van der Waals surface area contributed by atoms with Crippen LogP contribution in [0.4, 0.5) is 0 Å². The number of likely N-dealkylation sites (N-methyl/N-ethyl adjacent to an activating group) is 2. The molecule has 0 amide bonds. The minimum atomic E-state index is -3.01. The van der Waals surface area contributed by atoms with E-state index in [1.165, 1.54) is 0 Å². The summed E-state index contributed by atoms with van der Waals surface area (Å²) in [5.74, 6) is 0. The predicted molar refractivity (Wildman–Crippen MR) is 176 cm³/mol. The van der Waals surface area contributed by atoms with Gasteiger partial charge in [-0.15, -0.1) is 0 Å². The van der Waals surface area contributed by atoms with Crippen LogP contribution in [0.3, 0.4) is 0 Å². The predicted octanol–water partition coefficient (Wildman–Crippen LogP) is 2.10. The molecule has 3 rings (SSSR count). The van der Waals surface area contributed by atoms with Crippen molar-refractivity contribution in [2.24, 2.45) is 0 Å². The highest BCUT2D eigenvalue weighted by atomic mass is 28.4. The van der Waals surface area contributed by atoms with Crippen molar-refractivity contribution in [3.63, 3.8) is 0 Å². The maximum Gasteiger partial charge on any atom is 0.501 e. The van der Waals surface area contributed by atoms with E-state index in [9.17, 15) is 0 Å². The molecule has 3 heterocycles. The normalized spacial score (nSPS) is 26.5. The van der Waals surface area contributed by atoms with Crippen molar-refractivity contribution in [3.8, 4) is 0 Å². The number of ether oxygens (including phenoxy) is 2. The van der Waals surface area contributed by atoms with Gasteiger partial charge in [-0.25, -0.2) is 0 Å². The molecule has 3 fully saturated rings. The van der Waals surface area contributed by atoms with Crippen LogP contribution in [-0.4, -0.2) is 182 Å². The van der Waals surface area contributed by atoms with Gasteiger partial charge in [0, 0.05) is 117 Å². The highest BCUT2D eigenvalue weighted by Crippen LogP contribution is 2.26. The molecule has 3 saturated heterocycles. The standard InChI is InChI=1S/C30H64N4O8Si2/c1-7-37-43(38-8-2,39-9-3)23-11-21-35-27-29(25-33-17-13-31(5)14-18-33)41-44(40-10-4)24-12-22-36-28-30(42-44)26-34-19-15-32(6)16-20-34/h29-30H,7-28H2,1-6H3. The Bertz CT molecular complexity index is 733. The second-order valence-electron chi connectivity index (χ2n) is 12.1. The summed E-state index contributed by atoms with van der Waals surface area (Å²) in [5.41, 5.74) is 0. The van der Waals surface area contributed by atoms with Gasteiger partial charge in [-0.1, -0.05) is 0 Å². The maximum atomic E-state index is 7.05. The van der Waals surface area contributed by atoms with Gasteiger partial charge in [0.15, 0.2) is 0 Å². The molecular weight excluding hydrogens is 601 g/mol. The summed E-state index contributed by atoms with van der Waals surface area (Å²) in [4.78, 5) is 9.74. The zero-order valence-corrected chi connectivity index (χ0v) is 30.8. The molecule has 0 radical (unpaired) electrons. The highest BCUT2D eigenvalue weighted by Gasteiger charge is 2.46. The molecular formula is C30H64N4O8Si2. The minimum absolute atomic E-state index is 0.0732. The summed E-state index contributed by atoms with van der Waals surface area (Å²) in [6.07, 6.45) is 1.46. The van der Waals surface area contributed by atoms with Crippen LogP contribution in [0.25, 0.3) is 0 Å². The first kappa shape index (κ1) is 38.4. The van der Waals surface area contributed by atoms with E-state index in [1.54, 1.807) is 0 Å². The molecule has 3 aliphatic heterocycles. The van der Waals surface area contributed by atoms with Crippen LogP contribution in [0.1, 0.15) is 40.5 Å². The van der Waals surface area contributed by atoms with Gasteiger partial charge in [0.1, 0.15) is 0 Å². The Hall–Kier alpha value is -0.0462. The fourth-order valence-electron chi connectivity index (χ4n) is 6.11. The molecule has 0 aliphatic carbocycles. The third-order valence-corrected chi connectivity index (χ3v) is 14.6. The topological polar surface area (TPSA) is 86.8 Å². The molecule has 44 heavy (non-hydrogen) atoms. The number of rotatable bonds is 20. The Kier molecular flexibility index (Phi) is 18.4. The molecule has 0 saturated carbocycles. The van der Waals surface area contributed by atoms with Crippen molar-refractivity contribution in [2.75, 3.05) is 132 Å². The summed E-state index contributed by atoms with van der Waals surface area (Å²) in [5, 5.41) is 0. The first-order valence-electron chi connectivity index (χ1n) is 17.2. The Labute approximate surface area is 270 Å². The number of hydrogen-bond donors (Lipinski definition) is 0. The van der Waals surface area contributed by atoms with Crippen LogP contribution in [-0.2, 0) is 36.0 Å². The average molecular weight is 665 g/mol. The average Bonchev–Trinajstić information content (AvgIpc) is 2.98. The quantitative estimate of drug-likeness (QED) is 0.141. The van der Waals surface area contributed by atoms with E-state index in [4.69, 9.17) is 36.0 Å².